The zero-order valence-corrected chi connectivity index (χ0v) is 23.5. The van der Waals surface area contributed by atoms with Gasteiger partial charge in [0.15, 0.2) is 17.8 Å². The fraction of sp³-hybridized carbons (Fsp3) is 0.0833. The minimum atomic E-state index is -0.460. The van der Waals surface area contributed by atoms with Crippen LogP contribution >= 0.6 is 0 Å². The topological polar surface area (TPSA) is 78.7 Å². The first-order chi connectivity index (χ1) is 21.3. The van der Waals surface area contributed by atoms with Gasteiger partial charge in [-0.15, -0.1) is 0 Å². The van der Waals surface area contributed by atoms with Gasteiger partial charge in [-0.2, -0.15) is 9.97 Å². The first-order valence-corrected chi connectivity index (χ1v) is 14.4. The molecule has 0 bridgehead atoms. The van der Waals surface area contributed by atoms with E-state index >= 15 is 0 Å². The van der Waals surface area contributed by atoms with Crippen LogP contribution in [0.5, 0.6) is 0 Å². The second kappa shape index (κ2) is 12.0. The smallest absolute Gasteiger partial charge is 0.241 e. The average Bonchev–Trinajstić information content (AvgIpc) is 3.10. The van der Waals surface area contributed by atoms with E-state index in [-0.39, 0.29) is 0 Å². The van der Waals surface area contributed by atoms with Crippen molar-refractivity contribution >= 4 is 29.0 Å². The summed E-state index contributed by atoms with van der Waals surface area (Å²) in [5.74, 6) is 2.96. The van der Waals surface area contributed by atoms with Crippen LogP contribution in [0.2, 0.25) is 0 Å². The molecule has 43 heavy (non-hydrogen) atoms. The molecule has 1 aliphatic heterocycles. The summed E-state index contributed by atoms with van der Waals surface area (Å²) in [6.07, 6.45) is 7.93. The third-order valence-electron chi connectivity index (χ3n) is 7.21. The molecule has 2 aliphatic rings. The van der Waals surface area contributed by atoms with E-state index in [0.717, 1.165) is 46.6 Å². The van der Waals surface area contributed by atoms with E-state index in [2.05, 4.69) is 23.5 Å². The van der Waals surface area contributed by atoms with Crippen LogP contribution in [0.15, 0.2) is 150 Å². The predicted octanol–water partition coefficient (Wildman–Crippen LogP) is 7.51. The maximum absolute atomic E-state index is 5.14. The van der Waals surface area contributed by atoms with Gasteiger partial charge < -0.3 is 5.32 Å². The van der Waals surface area contributed by atoms with Crippen molar-refractivity contribution < 1.29 is 0 Å². The highest BCUT2D eigenvalue weighted by atomic mass is 15.4. The Morgan fingerprint density at radius 2 is 1.23 bits per heavy atom. The lowest BCUT2D eigenvalue weighted by molar-refractivity contribution is 0.749. The van der Waals surface area contributed by atoms with Crippen LogP contribution in [0.25, 0.3) is 17.0 Å². The lowest BCUT2D eigenvalue weighted by atomic mass is 10.1. The molecule has 0 radical (unpaired) electrons. The van der Waals surface area contributed by atoms with Gasteiger partial charge in [0.05, 0.1) is 5.69 Å². The minimum absolute atomic E-state index is 0.460. The maximum Gasteiger partial charge on any atom is 0.241 e. The number of guanidine groups is 1. The molecular weight excluding hydrogens is 530 g/mol. The van der Waals surface area contributed by atoms with Gasteiger partial charge in [-0.05, 0) is 30.5 Å². The number of hydrogen-bond donors (Lipinski definition) is 1. The SMILES string of the molecule is C1=CC(c2nc(-c3ccccc3)nc(N(C3=NC(c4ccccc4)N=C(c4ccccc4)N3)c3ccccc3)n2)=CCC1. The Labute approximate surface area is 250 Å². The Bertz CT molecular complexity index is 1830. The molecule has 0 saturated heterocycles. The van der Waals surface area contributed by atoms with Crippen LogP contribution < -0.4 is 10.2 Å². The van der Waals surface area contributed by atoms with Gasteiger partial charge in [0.25, 0.3) is 0 Å². The largest absolute Gasteiger partial charge is 0.310 e. The van der Waals surface area contributed by atoms with Crippen molar-refractivity contribution in [3.8, 4) is 11.4 Å². The van der Waals surface area contributed by atoms with Crippen LogP contribution in [0.4, 0.5) is 11.6 Å². The van der Waals surface area contributed by atoms with Crippen molar-refractivity contribution in [2.24, 2.45) is 9.98 Å². The minimum Gasteiger partial charge on any atom is -0.310 e. The highest BCUT2D eigenvalue weighted by Gasteiger charge is 2.28. The molecule has 0 amide bonds. The molecule has 1 aliphatic carbocycles. The quantitative estimate of drug-likeness (QED) is 0.233. The number of benzene rings is 4. The molecular formula is C36H29N7. The van der Waals surface area contributed by atoms with Crippen molar-refractivity contribution in [2.45, 2.75) is 19.0 Å². The number of amidine groups is 1. The summed E-state index contributed by atoms with van der Waals surface area (Å²) in [5.41, 5.74) is 4.70. The van der Waals surface area contributed by atoms with Crippen molar-refractivity contribution in [3.63, 3.8) is 0 Å². The van der Waals surface area contributed by atoms with Gasteiger partial charge in [0.1, 0.15) is 5.84 Å². The second-order valence-electron chi connectivity index (χ2n) is 10.2. The Balaban J connectivity index is 1.42. The number of allylic oxidation sites excluding steroid dienone is 4. The number of rotatable bonds is 6. The van der Waals surface area contributed by atoms with Crippen molar-refractivity contribution in [1.82, 2.24) is 20.3 Å². The molecule has 0 fully saturated rings. The summed E-state index contributed by atoms with van der Waals surface area (Å²) in [5, 5.41) is 3.52. The molecule has 5 aromatic rings. The molecule has 1 aromatic heterocycles. The molecule has 0 saturated carbocycles. The zero-order valence-electron chi connectivity index (χ0n) is 23.5. The third-order valence-corrected chi connectivity index (χ3v) is 7.21. The van der Waals surface area contributed by atoms with E-state index in [1.807, 2.05) is 126 Å². The maximum atomic E-state index is 5.14. The number of aliphatic imine (C=N–C) groups is 2. The predicted molar refractivity (Wildman–Crippen MR) is 173 cm³/mol. The molecule has 0 spiro atoms. The highest BCUT2D eigenvalue weighted by Crippen LogP contribution is 2.30. The number of aromatic nitrogens is 3. The summed E-state index contributed by atoms with van der Waals surface area (Å²) in [4.78, 5) is 27.1. The van der Waals surface area contributed by atoms with E-state index in [1.54, 1.807) is 0 Å². The zero-order chi connectivity index (χ0) is 28.8. The summed E-state index contributed by atoms with van der Waals surface area (Å²) in [7, 11) is 0. The fourth-order valence-electron chi connectivity index (χ4n) is 5.07. The molecule has 7 heteroatoms. The molecule has 208 valence electrons. The van der Waals surface area contributed by atoms with Gasteiger partial charge in [-0.1, -0.05) is 127 Å². The van der Waals surface area contributed by atoms with E-state index in [0.29, 0.717) is 23.6 Å². The molecule has 4 aromatic carbocycles. The lowest BCUT2D eigenvalue weighted by Crippen LogP contribution is -2.45. The van der Waals surface area contributed by atoms with Crippen molar-refractivity contribution in [1.29, 1.82) is 0 Å². The van der Waals surface area contributed by atoms with Gasteiger partial charge in [0.2, 0.25) is 11.9 Å². The van der Waals surface area contributed by atoms with Crippen LogP contribution in [-0.2, 0) is 0 Å². The second-order valence-corrected chi connectivity index (χ2v) is 10.2. The lowest BCUT2D eigenvalue weighted by Gasteiger charge is -2.30. The molecule has 1 atom stereocenters. The first-order valence-electron chi connectivity index (χ1n) is 14.4. The number of hydrogen-bond acceptors (Lipinski definition) is 7. The number of anilines is 2. The first kappa shape index (κ1) is 26.2. The summed E-state index contributed by atoms with van der Waals surface area (Å²) >= 11 is 0. The molecule has 1 unspecified atom stereocenters. The number of nitrogens with zero attached hydrogens (tertiary/aromatic N) is 6. The standard InChI is InChI=1S/C36H29N7/c1-6-16-26(17-7-1)31-37-32(27-18-8-2-9-19-27)40-35(39-31)43(30-24-14-5-15-25-30)36-41-33(28-20-10-3-11-21-28)38-34(42-36)29-22-12-4-13-23-29/h1-3,5-12,14-25,31H,4,13H2,(H,37,39,40). The monoisotopic (exact) mass is 559 g/mol. The Morgan fingerprint density at radius 1 is 0.605 bits per heavy atom. The fourth-order valence-corrected chi connectivity index (χ4v) is 5.07. The van der Waals surface area contributed by atoms with Crippen LogP contribution in [0.1, 0.15) is 36.0 Å². The van der Waals surface area contributed by atoms with Gasteiger partial charge >= 0.3 is 0 Å². The van der Waals surface area contributed by atoms with Gasteiger partial charge in [-0.25, -0.2) is 19.9 Å². The number of para-hydroxylation sites is 1. The van der Waals surface area contributed by atoms with Crippen LogP contribution in [0.3, 0.4) is 0 Å². The Hall–Kier alpha value is -5.69. The van der Waals surface area contributed by atoms with E-state index in [1.165, 1.54) is 0 Å². The van der Waals surface area contributed by atoms with Crippen LogP contribution in [0, 0.1) is 0 Å². The van der Waals surface area contributed by atoms with Crippen molar-refractivity contribution in [3.05, 3.63) is 157 Å². The van der Waals surface area contributed by atoms with E-state index in [4.69, 9.17) is 24.9 Å². The molecule has 2 heterocycles. The van der Waals surface area contributed by atoms with Crippen LogP contribution in [-0.4, -0.2) is 26.7 Å². The highest BCUT2D eigenvalue weighted by molar-refractivity contribution is 6.16. The van der Waals surface area contributed by atoms with Crippen molar-refractivity contribution in [2.75, 3.05) is 4.90 Å². The average molecular weight is 560 g/mol. The summed E-state index contributed by atoms with van der Waals surface area (Å²) in [6.45, 7) is 0. The number of nitrogens with one attached hydrogen (secondary N) is 1. The van der Waals surface area contributed by atoms with E-state index < -0.39 is 6.17 Å². The van der Waals surface area contributed by atoms with Gasteiger partial charge in [0, 0.05) is 16.7 Å². The Morgan fingerprint density at radius 3 is 1.91 bits per heavy atom. The summed E-state index contributed by atoms with van der Waals surface area (Å²) in [6, 6.07) is 40.3. The molecule has 1 N–H and O–H groups in total. The summed E-state index contributed by atoms with van der Waals surface area (Å²) < 4.78 is 0. The normalized spacial score (nSPS) is 16.0. The van der Waals surface area contributed by atoms with Gasteiger partial charge in [-0.3, -0.25) is 0 Å². The third kappa shape index (κ3) is 5.74. The molecule has 7 rings (SSSR count). The molecule has 7 nitrogen and oxygen atoms in total. The van der Waals surface area contributed by atoms with E-state index in [9.17, 15) is 0 Å². The Kier molecular flexibility index (Phi) is 7.35.